The zero-order chi connectivity index (χ0) is 29.5. The summed E-state index contributed by atoms with van der Waals surface area (Å²) < 4.78 is 66.6. The van der Waals surface area contributed by atoms with E-state index in [1.807, 2.05) is 0 Å². The van der Waals surface area contributed by atoms with Crippen molar-refractivity contribution in [2.75, 3.05) is 13.1 Å². The minimum atomic E-state index is -4.56. The van der Waals surface area contributed by atoms with Crippen molar-refractivity contribution >= 4 is 22.0 Å². The van der Waals surface area contributed by atoms with Gasteiger partial charge in [0.1, 0.15) is 6.04 Å². The summed E-state index contributed by atoms with van der Waals surface area (Å²) in [5, 5.41) is 13.2. The summed E-state index contributed by atoms with van der Waals surface area (Å²) in [7, 11) is -4.01. The van der Waals surface area contributed by atoms with E-state index in [2.05, 4.69) is 5.32 Å². The van der Waals surface area contributed by atoms with Gasteiger partial charge in [0.2, 0.25) is 15.9 Å². The summed E-state index contributed by atoms with van der Waals surface area (Å²) in [5.74, 6) is -0.237. The van der Waals surface area contributed by atoms with Crippen LogP contribution in [0.2, 0.25) is 0 Å². The van der Waals surface area contributed by atoms with Gasteiger partial charge in [-0.05, 0) is 82.1 Å². The van der Waals surface area contributed by atoms with Crippen LogP contribution < -0.4 is 5.32 Å². The van der Waals surface area contributed by atoms with Crippen molar-refractivity contribution in [3.05, 3.63) is 29.8 Å². The highest BCUT2D eigenvalue weighted by Gasteiger charge is 2.48. The van der Waals surface area contributed by atoms with Crippen LogP contribution in [0.4, 0.5) is 18.0 Å². The highest BCUT2D eigenvalue weighted by Crippen LogP contribution is 2.41. The minimum Gasteiger partial charge on any atom is -0.465 e. The van der Waals surface area contributed by atoms with E-state index in [0.29, 0.717) is 19.3 Å². The molecule has 0 radical (unpaired) electrons. The fourth-order valence-electron chi connectivity index (χ4n) is 6.80. The Morgan fingerprint density at radius 1 is 1.02 bits per heavy atom. The molecule has 2 amide bonds. The first-order valence-corrected chi connectivity index (χ1v) is 15.5. The average Bonchev–Trinajstić information content (AvgIpc) is 3.45. The van der Waals surface area contributed by atoms with Crippen LogP contribution in [0.5, 0.6) is 0 Å². The maximum atomic E-state index is 13.7. The predicted molar refractivity (Wildman–Crippen MR) is 143 cm³/mol. The average molecular weight is 588 g/mol. The second-order valence-corrected chi connectivity index (χ2v) is 14.5. The maximum absolute atomic E-state index is 13.7. The number of sulfonamides is 1. The molecular formula is C28H40F3N3O5S. The highest BCUT2D eigenvalue weighted by atomic mass is 32.2. The Morgan fingerprint density at radius 3 is 2.20 bits per heavy atom. The summed E-state index contributed by atoms with van der Waals surface area (Å²) in [6.45, 7) is 5.70. The molecule has 1 heterocycles. The van der Waals surface area contributed by atoms with Crippen molar-refractivity contribution in [1.29, 1.82) is 0 Å². The molecule has 8 nitrogen and oxygen atoms in total. The van der Waals surface area contributed by atoms with Gasteiger partial charge in [0.25, 0.3) is 0 Å². The smallest absolute Gasteiger partial charge is 0.416 e. The first-order valence-electron chi connectivity index (χ1n) is 14.1. The molecule has 0 aromatic heterocycles. The van der Waals surface area contributed by atoms with E-state index >= 15 is 0 Å². The van der Waals surface area contributed by atoms with Gasteiger partial charge in [-0.15, -0.1) is 0 Å². The lowest BCUT2D eigenvalue weighted by molar-refractivity contribution is -0.137. The number of carboxylic acid groups (broad SMARTS) is 1. The van der Waals surface area contributed by atoms with Crippen molar-refractivity contribution in [2.45, 2.75) is 101 Å². The van der Waals surface area contributed by atoms with Crippen LogP contribution in [0.15, 0.2) is 29.2 Å². The zero-order valence-corrected chi connectivity index (χ0v) is 24.1. The Kier molecular flexibility index (Phi) is 8.80. The predicted octanol–water partition coefficient (Wildman–Crippen LogP) is 5.34. The molecule has 2 saturated carbocycles. The van der Waals surface area contributed by atoms with Crippen molar-refractivity contribution in [1.82, 2.24) is 14.5 Å². The third-order valence-electron chi connectivity index (χ3n) is 8.79. The van der Waals surface area contributed by atoms with E-state index < -0.39 is 39.4 Å². The van der Waals surface area contributed by atoms with Crippen molar-refractivity contribution in [2.24, 2.45) is 17.8 Å². The fraction of sp³-hybridized carbons (Fsp3) is 0.714. The molecule has 1 aliphatic heterocycles. The Balaban J connectivity index is 1.48. The molecule has 1 aromatic carbocycles. The second kappa shape index (κ2) is 11.5. The van der Waals surface area contributed by atoms with Gasteiger partial charge < -0.3 is 10.4 Å². The molecule has 3 fully saturated rings. The number of nitrogens with zero attached hydrogens (tertiary/aromatic N) is 2. The lowest BCUT2D eigenvalue weighted by Gasteiger charge is -2.41. The minimum absolute atomic E-state index is 0.00418. The highest BCUT2D eigenvalue weighted by molar-refractivity contribution is 7.89. The molecule has 40 heavy (non-hydrogen) atoms. The number of fused-ring (bicyclic) bond motifs is 1. The Labute approximate surface area is 234 Å². The number of amides is 2. The van der Waals surface area contributed by atoms with Gasteiger partial charge >= 0.3 is 12.3 Å². The lowest BCUT2D eigenvalue weighted by Crippen LogP contribution is -2.58. The normalized spacial score (nSPS) is 25.4. The van der Waals surface area contributed by atoms with Crippen LogP contribution in [-0.2, 0) is 21.0 Å². The van der Waals surface area contributed by atoms with Gasteiger partial charge in [0, 0.05) is 24.7 Å². The first-order chi connectivity index (χ1) is 18.6. The largest absolute Gasteiger partial charge is 0.465 e. The zero-order valence-electron chi connectivity index (χ0n) is 23.3. The summed E-state index contributed by atoms with van der Waals surface area (Å²) in [6, 6.07) is 2.33. The molecule has 4 rings (SSSR count). The van der Waals surface area contributed by atoms with Gasteiger partial charge in [-0.3, -0.25) is 9.69 Å². The molecule has 1 aromatic rings. The molecule has 2 aliphatic carbocycles. The molecule has 4 atom stereocenters. The number of hydrogen-bond acceptors (Lipinski definition) is 4. The lowest BCUT2D eigenvalue weighted by atomic mass is 9.83. The van der Waals surface area contributed by atoms with Gasteiger partial charge in [-0.25, -0.2) is 13.2 Å². The summed E-state index contributed by atoms with van der Waals surface area (Å²) in [4.78, 5) is 27.1. The molecule has 0 unspecified atom stereocenters. The molecule has 2 N–H and O–H groups in total. The van der Waals surface area contributed by atoms with Crippen LogP contribution >= 0.6 is 0 Å². The number of rotatable bonds is 7. The monoisotopic (exact) mass is 587 g/mol. The quantitative estimate of drug-likeness (QED) is 0.448. The number of benzene rings is 1. The summed E-state index contributed by atoms with van der Waals surface area (Å²) in [5.41, 5.74) is -1.71. The topological polar surface area (TPSA) is 107 Å². The van der Waals surface area contributed by atoms with Crippen LogP contribution in [0.3, 0.4) is 0 Å². The maximum Gasteiger partial charge on any atom is 0.416 e. The number of nitrogens with one attached hydrogen (secondary N) is 1. The summed E-state index contributed by atoms with van der Waals surface area (Å²) >= 11 is 0. The molecular weight excluding hydrogens is 547 g/mol. The molecule has 12 heteroatoms. The van der Waals surface area contributed by atoms with Gasteiger partial charge in [0.15, 0.2) is 0 Å². The Bertz CT molecular complexity index is 1180. The number of carbonyl (C=O) groups is 2. The van der Waals surface area contributed by atoms with Crippen LogP contribution in [0.25, 0.3) is 0 Å². The second-order valence-electron chi connectivity index (χ2n) is 12.5. The molecule has 0 bridgehead atoms. The van der Waals surface area contributed by atoms with E-state index in [0.717, 1.165) is 56.4 Å². The molecule has 1 saturated heterocycles. The Morgan fingerprint density at radius 2 is 1.65 bits per heavy atom. The molecule has 0 spiro atoms. The SMILES string of the molecule is CC(C)(C)N(C(=O)O)[C@@H](CC1CCCCC1)C(=O)N[C@H]1CC[C@@H]2CN(S(=O)(=O)c3ccc(C(F)(F)F)cc3)C[C@@H]21. The number of halogens is 3. The van der Waals surface area contributed by atoms with Gasteiger partial charge in [-0.1, -0.05) is 32.1 Å². The number of carbonyl (C=O) groups excluding carboxylic acids is 1. The third kappa shape index (κ3) is 6.58. The molecule has 224 valence electrons. The van der Waals surface area contributed by atoms with Crippen LogP contribution in [-0.4, -0.2) is 65.4 Å². The standard InChI is InChI=1S/C28H40F3N3O5S/c1-27(2,3)34(26(36)37)24(15-18-7-5-4-6-8-18)25(35)32-23-14-9-19-16-33(17-22(19)23)40(38,39)21-12-10-20(11-13-21)28(29,30)31/h10-13,18-19,22-24H,4-9,14-17H2,1-3H3,(H,32,35)(H,36,37)/t19-,22+,23+,24+/m1/s1. The Hall–Kier alpha value is -2.34. The van der Waals surface area contributed by atoms with Gasteiger partial charge in [-0.2, -0.15) is 17.5 Å². The van der Waals surface area contributed by atoms with Crippen LogP contribution in [0.1, 0.15) is 77.7 Å². The van der Waals surface area contributed by atoms with Crippen molar-refractivity contribution in [3.8, 4) is 0 Å². The van der Waals surface area contributed by atoms with E-state index in [9.17, 15) is 36.3 Å². The number of hydrogen-bond donors (Lipinski definition) is 2. The molecule has 3 aliphatic rings. The first kappa shape index (κ1) is 30.6. The van der Waals surface area contributed by atoms with E-state index in [1.165, 1.54) is 9.21 Å². The van der Waals surface area contributed by atoms with E-state index in [1.54, 1.807) is 20.8 Å². The van der Waals surface area contributed by atoms with Crippen molar-refractivity contribution in [3.63, 3.8) is 0 Å². The van der Waals surface area contributed by atoms with E-state index in [-0.39, 0.29) is 47.7 Å². The van der Waals surface area contributed by atoms with E-state index in [4.69, 9.17) is 0 Å². The third-order valence-corrected chi connectivity index (χ3v) is 10.6. The fourth-order valence-corrected chi connectivity index (χ4v) is 8.33. The van der Waals surface area contributed by atoms with Gasteiger partial charge in [0.05, 0.1) is 10.5 Å². The summed E-state index contributed by atoms with van der Waals surface area (Å²) in [6.07, 6.45) is 1.31. The number of alkyl halides is 3. The van der Waals surface area contributed by atoms with Crippen LogP contribution in [0, 0.1) is 17.8 Å². The van der Waals surface area contributed by atoms with Crippen molar-refractivity contribution < 1.29 is 36.3 Å².